The fourth-order valence-corrected chi connectivity index (χ4v) is 4.01. The standard InChI is InChI=1S/C26H35N7.HI/c1-21-30-31-24(33(21)3)19-28-25(27-17-10-18-32(2)23-13-8-5-9-14-23)29-20-26(15-16-26)22-11-6-4-7-12-22;/h4-9,11-14H,10,15-20H2,1-3H3,(H2,27,28,29);1H. The van der Waals surface area contributed by atoms with Gasteiger partial charge in [-0.15, -0.1) is 34.2 Å². The molecule has 1 aliphatic rings. The van der Waals surface area contributed by atoms with Crippen LogP contribution in [0.15, 0.2) is 65.7 Å². The Balaban J connectivity index is 0.00000324. The van der Waals surface area contributed by atoms with Gasteiger partial charge in [-0.3, -0.25) is 0 Å². The summed E-state index contributed by atoms with van der Waals surface area (Å²) in [7, 11) is 4.12. The van der Waals surface area contributed by atoms with E-state index >= 15 is 0 Å². The lowest BCUT2D eigenvalue weighted by atomic mass is 9.96. The Hall–Kier alpha value is -2.62. The van der Waals surface area contributed by atoms with Crippen molar-refractivity contribution in [3.8, 4) is 0 Å². The lowest BCUT2D eigenvalue weighted by Gasteiger charge is -2.21. The highest BCUT2D eigenvalue weighted by molar-refractivity contribution is 14.0. The van der Waals surface area contributed by atoms with Gasteiger partial charge in [0.2, 0.25) is 0 Å². The minimum absolute atomic E-state index is 0. The first-order valence-corrected chi connectivity index (χ1v) is 11.8. The maximum Gasteiger partial charge on any atom is 0.191 e. The van der Waals surface area contributed by atoms with Crippen LogP contribution in [0.2, 0.25) is 0 Å². The van der Waals surface area contributed by atoms with Crippen molar-refractivity contribution in [3.05, 3.63) is 77.9 Å². The van der Waals surface area contributed by atoms with Crippen LogP contribution in [0.4, 0.5) is 5.69 Å². The molecule has 0 radical (unpaired) electrons. The molecule has 182 valence electrons. The number of benzene rings is 2. The molecule has 3 aromatic rings. The number of anilines is 1. The van der Waals surface area contributed by atoms with Crippen molar-refractivity contribution in [2.75, 3.05) is 31.6 Å². The predicted molar refractivity (Wildman–Crippen MR) is 150 cm³/mol. The van der Waals surface area contributed by atoms with Gasteiger partial charge in [-0.1, -0.05) is 48.5 Å². The minimum atomic E-state index is 0. The van der Waals surface area contributed by atoms with Crippen LogP contribution < -0.4 is 15.5 Å². The molecule has 0 atom stereocenters. The molecule has 1 saturated carbocycles. The summed E-state index contributed by atoms with van der Waals surface area (Å²) < 4.78 is 1.99. The monoisotopic (exact) mass is 573 g/mol. The quantitative estimate of drug-likeness (QED) is 0.166. The fraction of sp³-hybridized carbons (Fsp3) is 0.423. The van der Waals surface area contributed by atoms with Crippen LogP contribution in [0.1, 0.15) is 36.5 Å². The summed E-state index contributed by atoms with van der Waals surface area (Å²) in [5.74, 6) is 2.59. The zero-order valence-electron chi connectivity index (χ0n) is 20.4. The van der Waals surface area contributed by atoms with Gasteiger partial charge in [0, 0.05) is 44.8 Å². The average Bonchev–Trinajstić information content (AvgIpc) is 3.59. The Morgan fingerprint density at radius 1 is 1.03 bits per heavy atom. The molecule has 4 rings (SSSR count). The Labute approximate surface area is 220 Å². The van der Waals surface area contributed by atoms with Crippen LogP contribution in [-0.4, -0.2) is 47.4 Å². The van der Waals surface area contributed by atoms with Gasteiger partial charge in [0.05, 0.1) is 0 Å². The summed E-state index contributed by atoms with van der Waals surface area (Å²) in [6.45, 7) is 5.15. The molecule has 7 nitrogen and oxygen atoms in total. The molecule has 8 heteroatoms. The Bertz CT molecular complexity index is 1050. The molecule has 0 unspecified atom stereocenters. The van der Waals surface area contributed by atoms with Crippen molar-refractivity contribution in [1.82, 2.24) is 25.4 Å². The Kier molecular flexibility index (Phi) is 9.32. The molecule has 2 N–H and O–H groups in total. The lowest BCUT2D eigenvalue weighted by molar-refractivity contribution is 0.638. The molecule has 1 heterocycles. The molecule has 0 spiro atoms. The number of hydrogen-bond donors (Lipinski definition) is 2. The van der Waals surface area contributed by atoms with Crippen molar-refractivity contribution in [2.24, 2.45) is 12.0 Å². The first kappa shape index (κ1) is 26.0. The van der Waals surface area contributed by atoms with E-state index in [2.05, 4.69) is 87.4 Å². The SMILES string of the molecule is Cc1nnc(CN=C(NCCCN(C)c2ccccc2)NCC2(c3ccccc3)CC2)n1C.I. The van der Waals surface area contributed by atoms with Crippen molar-refractivity contribution < 1.29 is 0 Å². The van der Waals surface area contributed by atoms with Crippen LogP contribution in [0.5, 0.6) is 0 Å². The average molecular weight is 574 g/mol. The van der Waals surface area contributed by atoms with E-state index in [1.54, 1.807) is 0 Å². The number of aryl methyl sites for hydroxylation is 1. The summed E-state index contributed by atoms with van der Waals surface area (Å²) in [5.41, 5.74) is 2.87. The van der Waals surface area contributed by atoms with Gasteiger partial charge in [-0.25, -0.2) is 4.99 Å². The highest BCUT2D eigenvalue weighted by atomic mass is 127. The van der Waals surface area contributed by atoms with Crippen molar-refractivity contribution in [2.45, 2.75) is 38.1 Å². The second-order valence-corrected chi connectivity index (χ2v) is 8.92. The van der Waals surface area contributed by atoms with Crippen LogP contribution >= 0.6 is 24.0 Å². The molecule has 1 aromatic heterocycles. The normalized spacial score (nSPS) is 14.3. The number of para-hydroxylation sites is 1. The van der Waals surface area contributed by atoms with Crippen LogP contribution in [0.3, 0.4) is 0 Å². The second-order valence-electron chi connectivity index (χ2n) is 8.92. The number of hydrogen-bond acceptors (Lipinski definition) is 4. The summed E-state index contributed by atoms with van der Waals surface area (Å²) in [4.78, 5) is 7.11. The molecule has 34 heavy (non-hydrogen) atoms. The van der Waals surface area contributed by atoms with E-state index in [4.69, 9.17) is 4.99 Å². The molecule has 0 saturated heterocycles. The third-order valence-electron chi connectivity index (χ3n) is 6.55. The van der Waals surface area contributed by atoms with Gasteiger partial charge in [-0.2, -0.15) is 0 Å². The van der Waals surface area contributed by atoms with Gasteiger partial charge in [-0.05, 0) is 43.9 Å². The largest absolute Gasteiger partial charge is 0.375 e. The van der Waals surface area contributed by atoms with E-state index in [0.29, 0.717) is 6.54 Å². The molecule has 1 aliphatic carbocycles. The number of guanidine groups is 1. The van der Waals surface area contributed by atoms with Gasteiger partial charge >= 0.3 is 0 Å². The van der Waals surface area contributed by atoms with E-state index < -0.39 is 0 Å². The highest BCUT2D eigenvalue weighted by Gasteiger charge is 2.44. The number of nitrogens with zero attached hydrogens (tertiary/aromatic N) is 5. The third kappa shape index (κ3) is 6.71. The molecule has 0 bridgehead atoms. The first-order chi connectivity index (χ1) is 16.1. The van der Waals surface area contributed by atoms with E-state index in [-0.39, 0.29) is 29.4 Å². The van der Waals surface area contributed by atoms with Crippen molar-refractivity contribution in [1.29, 1.82) is 0 Å². The van der Waals surface area contributed by atoms with Crippen LogP contribution in [0.25, 0.3) is 0 Å². The fourth-order valence-electron chi connectivity index (χ4n) is 4.01. The molecular weight excluding hydrogens is 537 g/mol. The van der Waals surface area contributed by atoms with Gasteiger partial charge in [0.25, 0.3) is 0 Å². The van der Waals surface area contributed by atoms with E-state index in [1.807, 2.05) is 24.6 Å². The minimum Gasteiger partial charge on any atom is -0.375 e. The summed E-state index contributed by atoms with van der Waals surface area (Å²) in [6, 6.07) is 21.3. The third-order valence-corrected chi connectivity index (χ3v) is 6.55. The van der Waals surface area contributed by atoms with Gasteiger partial charge < -0.3 is 20.1 Å². The topological polar surface area (TPSA) is 70.4 Å². The Morgan fingerprint density at radius 2 is 1.71 bits per heavy atom. The maximum atomic E-state index is 4.82. The van der Waals surface area contributed by atoms with Crippen LogP contribution in [0, 0.1) is 6.92 Å². The summed E-state index contributed by atoms with van der Waals surface area (Å²) in [5, 5.41) is 15.5. The molecular formula is C26H36IN7. The first-order valence-electron chi connectivity index (χ1n) is 11.8. The smallest absolute Gasteiger partial charge is 0.191 e. The maximum absolute atomic E-state index is 4.82. The van der Waals surface area contributed by atoms with Crippen molar-refractivity contribution >= 4 is 35.6 Å². The molecule has 1 fully saturated rings. The van der Waals surface area contributed by atoms with Crippen LogP contribution in [-0.2, 0) is 19.0 Å². The predicted octanol–water partition coefficient (Wildman–Crippen LogP) is 4.04. The van der Waals surface area contributed by atoms with Gasteiger partial charge in [0.1, 0.15) is 12.4 Å². The number of aliphatic imine (C=N–C) groups is 1. The number of nitrogens with one attached hydrogen (secondary N) is 2. The highest BCUT2D eigenvalue weighted by Crippen LogP contribution is 2.47. The molecule has 0 aliphatic heterocycles. The second kappa shape index (κ2) is 12.2. The molecule has 0 amide bonds. The zero-order valence-corrected chi connectivity index (χ0v) is 22.7. The number of aromatic nitrogens is 3. The van der Waals surface area contributed by atoms with E-state index in [1.165, 1.54) is 24.1 Å². The Morgan fingerprint density at radius 3 is 2.32 bits per heavy atom. The van der Waals surface area contributed by atoms with Gasteiger partial charge in [0.15, 0.2) is 11.8 Å². The molecule has 2 aromatic carbocycles. The van der Waals surface area contributed by atoms with E-state index in [9.17, 15) is 0 Å². The lowest BCUT2D eigenvalue weighted by Crippen LogP contribution is -2.42. The van der Waals surface area contributed by atoms with Crippen molar-refractivity contribution in [3.63, 3.8) is 0 Å². The zero-order chi connectivity index (χ0) is 23.1. The number of halogens is 1. The van der Waals surface area contributed by atoms with E-state index in [0.717, 1.165) is 43.7 Å². The number of rotatable bonds is 10. The summed E-state index contributed by atoms with van der Waals surface area (Å²) in [6.07, 6.45) is 3.43. The summed E-state index contributed by atoms with van der Waals surface area (Å²) >= 11 is 0.